The van der Waals surface area contributed by atoms with E-state index < -0.39 is 0 Å². The van der Waals surface area contributed by atoms with Crippen LogP contribution < -0.4 is 30.1 Å². The second-order valence-corrected chi connectivity index (χ2v) is 6.29. The molecule has 162 valence electrons. The van der Waals surface area contributed by atoms with Crippen molar-refractivity contribution in [2.45, 2.75) is 6.92 Å². The molecule has 0 spiro atoms. The molecule has 0 bridgehead atoms. The number of hydrogen-bond acceptors (Lipinski definition) is 5. The van der Waals surface area contributed by atoms with Crippen LogP contribution in [0.3, 0.4) is 0 Å². The van der Waals surface area contributed by atoms with E-state index in [0.29, 0.717) is 35.1 Å². The maximum atomic E-state index is 13.3. The first-order chi connectivity index (χ1) is 15.1. The average Bonchev–Trinajstić information content (AvgIpc) is 2.82. The molecule has 0 radical (unpaired) electrons. The van der Waals surface area contributed by atoms with Crippen LogP contribution in [0.1, 0.15) is 6.92 Å². The molecule has 31 heavy (non-hydrogen) atoms. The van der Waals surface area contributed by atoms with Crippen molar-refractivity contribution in [3.05, 3.63) is 83.9 Å². The van der Waals surface area contributed by atoms with Crippen molar-refractivity contribution in [1.29, 1.82) is 0 Å². The van der Waals surface area contributed by atoms with Gasteiger partial charge in [-0.25, -0.2) is 0 Å². The van der Waals surface area contributed by atoms with Crippen LogP contribution >= 0.6 is 0 Å². The lowest BCUT2D eigenvalue weighted by atomic mass is 9.98. The van der Waals surface area contributed by atoms with Crippen LogP contribution in [0.25, 0.3) is 5.57 Å². The smallest absolute Gasteiger partial charge is 0.256 e. The second kappa shape index (κ2) is 11.4. The van der Waals surface area contributed by atoms with Crippen LogP contribution in [0.4, 0.5) is 5.69 Å². The van der Waals surface area contributed by atoms with E-state index in [2.05, 4.69) is 23.5 Å². The topological polar surface area (TPSA) is 69.2 Å². The fourth-order valence-corrected chi connectivity index (χ4v) is 3.21. The summed E-state index contributed by atoms with van der Waals surface area (Å²) >= 11 is 0. The number of nitrogens with zero attached hydrogens (tertiary/aromatic N) is 1. The van der Waals surface area contributed by atoms with Crippen molar-refractivity contribution in [3.8, 4) is 17.2 Å². The molecule has 1 N–H and O–H groups in total. The Morgan fingerprint density at radius 1 is 1.06 bits per heavy atom. The molecule has 0 fully saturated rings. The standard InChI is InChI=1S/C23H24N2O4.C2H4/c1-5-6-9-15-14-24-18-11-8-7-10-17(18)21(15)23(26)25-16-12-19(27-2)22(29-4)20(13-16)28-3;1-2/h5-13H,14H2,1-4H3,(H,25,26);1-2H2/b6-5-,15-9+;. The molecule has 1 amide bonds. The summed E-state index contributed by atoms with van der Waals surface area (Å²) in [5.41, 5.74) is 2.00. The number of allylic oxidation sites excluding steroid dienone is 3. The molecule has 6 heteroatoms. The van der Waals surface area contributed by atoms with Crippen molar-refractivity contribution >= 4 is 17.2 Å². The fraction of sp³-hybridized carbons (Fsp3) is 0.200. The first-order valence-electron chi connectivity index (χ1n) is 9.70. The van der Waals surface area contributed by atoms with E-state index in [1.54, 1.807) is 12.1 Å². The summed E-state index contributed by atoms with van der Waals surface area (Å²) in [5, 5.41) is 4.57. The Kier molecular flexibility index (Phi) is 8.64. The van der Waals surface area contributed by atoms with Crippen molar-refractivity contribution in [2.24, 2.45) is 4.99 Å². The van der Waals surface area contributed by atoms with Crippen molar-refractivity contribution < 1.29 is 19.0 Å². The van der Waals surface area contributed by atoms with E-state index in [4.69, 9.17) is 14.2 Å². The van der Waals surface area contributed by atoms with Crippen LogP contribution in [0, 0.1) is 0 Å². The van der Waals surface area contributed by atoms with E-state index in [-0.39, 0.29) is 5.91 Å². The zero-order valence-electron chi connectivity index (χ0n) is 18.4. The number of benzene rings is 2. The number of fused-ring (bicyclic) bond motifs is 1. The summed E-state index contributed by atoms with van der Waals surface area (Å²) in [5.74, 6) is 1.18. The van der Waals surface area contributed by atoms with Gasteiger partial charge in [-0.1, -0.05) is 36.4 Å². The first kappa shape index (κ1) is 23.5. The van der Waals surface area contributed by atoms with Crippen LogP contribution in [0.5, 0.6) is 17.2 Å². The maximum absolute atomic E-state index is 13.3. The molecule has 0 atom stereocenters. The highest BCUT2D eigenvalue weighted by Gasteiger charge is 2.20. The highest BCUT2D eigenvalue weighted by atomic mass is 16.5. The largest absolute Gasteiger partial charge is 0.493 e. The Morgan fingerprint density at radius 2 is 1.71 bits per heavy atom. The molecular weight excluding hydrogens is 392 g/mol. The lowest BCUT2D eigenvalue weighted by molar-refractivity contribution is -0.111. The molecule has 0 aliphatic carbocycles. The number of carbonyl (C=O) groups is 1. The Labute approximate surface area is 182 Å². The van der Waals surface area contributed by atoms with E-state index in [0.717, 1.165) is 16.1 Å². The summed E-state index contributed by atoms with van der Waals surface area (Å²) in [6.07, 6.45) is 5.75. The number of nitrogens with one attached hydrogen (secondary N) is 1. The number of methoxy groups -OCH3 is 3. The summed E-state index contributed by atoms with van der Waals surface area (Å²) in [4.78, 5) is 17.9. The minimum absolute atomic E-state index is 0.225. The zero-order chi connectivity index (χ0) is 22.8. The van der Waals surface area contributed by atoms with Gasteiger partial charge < -0.3 is 19.5 Å². The summed E-state index contributed by atoms with van der Waals surface area (Å²) in [6.45, 7) is 8.37. The quantitative estimate of drug-likeness (QED) is 0.727. The number of rotatable bonds is 6. The van der Waals surface area contributed by atoms with E-state index >= 15 is 0 Å². The van der Waals surface area contributed by atoms with Gasteiger partial charge in [-0.2, -0.15) is 0 Å². The molecule has 6 nitrogen and oxygen atoms in total. The molecule has 2 aromatic rings. The third-order valence-electron chi connectivity index (χ3n) is 4.55. The predicted molar refractivity (Wildman–Crippen MR) is 124 cm³/mol. The van der Waals surface area contributed by atoms with Gasteiger partial charge >= 0.3 is 0 Å². The van der Waals surface area contributed by atoms with Crippen LogP contribution in [-0.2, 0) is 4.79 Å². The number of para-hydroxylation sites is 1. The minimum Gasteiger partial charge on any atom is -0.493 e. The van der Waals surface area contributed by atoms with Crippen LogP contribution in [0.2, 0.25) is 0 Å². The summed E-state index contributed by atoms with van der Waals surface area (Å²) in [6, 6.07) is 11.0. The molecule has 1 aliphatic heterocycles. The lowest BCUT2D eigenvalue weighted by Crippen LogP contribution is -2.36. The third-order valence-corrected chi connectivity index (χ3v) is 4.55. The van der Waals surface area contributed by atoms with E-state index in [1.807, 2.05) is 49.4 Å². The highest BCUT2D eigenvalue weighted by molar-refractivity contribution is 6.25. The predicted octanol–water partition coefficient (Wildman–Crippen LogP) is 3.44. The number of anilines is 1. The second-order valence-electron chi connectivity index (χ2n) is 6.29. The Hall–Kier alpha value is -3.80. The number of carbonyl (C=O) groups excluding carboxylic acids is 1. The van der Waals surface area contributed by atoms with Gasteiger partial charge in [0.2, 0.25) is 5.75 Å². The fourth-order valence-electron chi connectivity index (χ4n) is 3.21. The minimum atomic E-state index is -0.225. The summed E-state index contributed by atoms with van der Waals surface area (Å²) < 4.78 is 16.1. The van der Waals surface area contributed by atoms with Crippen molar-refractivity contribution in [2.75, 3.05) is 33.2 Å². The highest BCUT2D eigenvalue weighted by Crippen LogP contribution is 2.40. The molecule has 0 saturated heterocycles. The lowest BCUT2D eigenvalue weighted by Gasteiger charge is -2.17. The first-order valence-corrected chi connectivity index (χ1v) is 9.70. The number of hydrogen-bond donors (Lipinski definition) is 1. The zero-order valence-corrected chi connectivity index (χ0v) is 18.4. The van der Waals surface area contributed by atoms with Crippen molar-refractivity contribution in [3.63, 3.8) is 0 Å². The Balaban J connectivity index is 0.00000166. The maximum Gasteiger partial charge on any atom is 0.256 e. The molecule has 0 saturated carbocycles. The summed E-state index contributed by atoms with van der Waals surface area (Å²) in [7, 11) is 4.61. The Morgan fingerprint density at radius 3 is 2.29 bits per heavy atom. The van der Waals surface area contributed by atoms with Gasteiger partial charge in [0.05, 0.1) is 38.8 Å². The van der Waals surface area contributed by atoms with Gasteiger partial charge in [-0.05, 0) is 18.6 Å². The average molecular weight is 421 g/mol. The Bertz CT molecular complexity index is 1090. The van der Waals surface area contributed by atoms with Gasteiger partial charge in [0, 0.05) is 23.0 Å². The molecule has 1 aliphatic rings. The molecule has 0 unspecified atom stereocenters. The van der Waals surface area contributed by atoms with Crippen molar-refractivity contribution in [1.82, 2.24) is 0 Å². The van der Waals surface area contributed by atoms with Gasteiger partial charge in [0.1, 0.15) is 0 Å². The van der Waals surface area contributed by atoms with Crippen LogP contribution in [0.15, 0.2) is 78.3 Å². The van der Waals surface area contributed by atoms with Gasteiger partial charge in [0.25, 0.3) is 5.91 Å². The van der Waals surface area contributed by atoms with Gasteiger partial charge in [0.15, 0.2) is 11.5 Å². The molecule has 3 rings (SSSR count). The van der Waals surface area contributed by atoms with E-state index in [1.165, 1.54) is 21.3 Å². The van der Waals surface area contributed by atoms with Gasteiger partial charge in [-0.15, -0.1) is 13.2 Å². The normalized spacial score (nSPS) is 13.5. The number of ether oxygens (including phenoxy) is 3. The SMILES string of the molecule is C/C=C\C=C1/CN=c2ccccc2=C1C(=O)Nc1cc(OC)c(OC)c(OC)c1.C=C. The third kappa shape index (κ3) is 5.22. The molecule has 0 aromatic heterocycles. The van der Waals surface area contributed by atoms with Crippen LogP contribution in [-0.4, -0.2) is 33.8 Å². The number of amides is 1. The molecular formula is C25H28N2O4. The monoisotopic (exact) mass is 420 g/mol. The van der Waals surface area contributed by atoms with Gasteiger partial charge in [-0.3, -0.25) is 9.79 Å². The molecule has 1 heterocycles. The molecule has 2 aromatic carbocycles. The van der Waals surface area contributed by atoms with E-state index in [9.17, 15) is 4.79 Å².